The van der Waals surface area contributed by atoms with Crippen molar-refractivity contribution in [2.75, 3.05) is 17.7 Å². The zero-order valence-electron chi connectivity index (χ0n) is 14.1. The third-order valence-electron chi connectivity index (χ3n) is 3.66. The Balaban J connectivity index is 1.64. The molecule has 3 aromatic rings. The van der Waals surface area contributed by atoms with Gasteiger partial charge >= 0.3 is 0 Å². The minimum Gasteiger partial charge on any atom is -0.497 e. The van der Waals surface area contributed by atoms with E-state index in [2.05, 4.69) is 15.6 Å². The van der Waals surface area contributed by atoms with E-state index in [9.17, 15) is 9.59 Å². The smallest absolute Gasteiger partial charge is 0.257 e. The van der Waals surface area contributed by atoms with Crippen molar-refractivity contribution in [2.24, 2.45) is 0 Å². The summed E-state index contributed by atoms with van der Waals surface area (Å²) < 4.78 is 5.12. The van der Waals surface area contributed by atoms with Crippen LogP contribution in [0.25, 0.3) is 0 Å². The molecule has 2 N–H and O–H groups in total. The highest BCUT2D eigenvalue weighted by molar-refractivity contribution is 6.05. The number of anilines is 2. The summed E-state index contributed by atoms with van der Waals surface area (Å²) in [6, 6.07) is 17.2. The summed E-state index contributed by atoms with van der Waals surface area (Å²) in [5, 5.41) is 5.58. The Morgan fingerprint density at radius 1 is 0.846 bits per heavy atom. The number of hydrogen-bond acceptors (Lipinski definition) is 4. The minimum atomic E-state index is -0.244. The first kappa shape index (κ1) is 17.2. The van der Waals surface area contributed by atoms with Crippen LogP contribution in [0.4, 0.5) is 11.4 Å². The number of carbonyl (C=O) groups is 2. The predicted octanol–water partition coefficient (Wildman–Crippen LogP) is 3.59. The molecule has 6 heteroatoms. The van der Waals surface area contributed by atoms with Crippen LogP contribution < -0.4 is 15.4 Å². The van der Waals surface area contributed by atoms with Crippen LogP contribution in [-0.2, 0) is 0 Å². The van der Waals surface area contributed by atoms with Gasteiger partial charge in [-0.05, 0) is 54.6 Å². The zero-order valence-corrected chi connectivity index (χ0v) is 14.1. The normalized spacial score (nSPS) is 10.0. The van der Waals surface area contributed by atoms with Gasteiger partial charge in [-0.25, -0.2) is 0 Å². The van der Waals surface area contributed by atoms with Crippen LogP contribution >= 0.6 is 0 Å². The first-order chi connectivity index (χ1) is 12.7. The fourth-order valence-electron chi connectivity index (χ4n) is 2.30. The van der Waals surface area contributed by atoms with Gasteiger partial charge in [0.15, 0.2) is 0 Å². The summed E-state index contributed by atoms with van der Waals surface area (Å²) in [6.45, 7) is 0. The molecule has 2 amide bonds. The summed E-state index contributed by atoms with van der Waals surface area (Å²) in [5.41, 5.74) is 2.22. The summed E-state index contributed by atoms with van der Waals surface area (Å²) in [5.74, 6) is 0.133. The molecule has 0 fully saturated rings. The van der Waals surface area contributed by atoms with E-state index in [0.29, 0.717) is 28.3 Å². The Morgan fingerprint density at radius 3 is 2.04 bits per heavy atom. The highest BCUT2D eigenvalue weighted by Crippen LogP contribution is 2.17. The van der Waals surface area contributed by atoms with Crippen molar-refractivity contribution in [3.63, 3.8) is 0 Å². The molecular formula is C20H17N3O3. The fourth-order valence-corrected chi connectivity index (χ4v) is 2.30. The second-order valence-electron chi connectivity index (χ2n) is 5.46. The molecule has 0 aliphatic rings. The van der Waals surface area contributed by atoms with E-state index in [4.69, 9.17) is 4.74 Å². The highest BCUT2D eigenvalue weighted by atomic mass is 16.5. The molecule has 2 aromatic carbocycles. The fraction of sp³-hybridized carbons (Fsp3) is 0.0500. The lowest BCUT2D eigenvalue weighted by Crippen LogP contribution is -2.13. The van der Waals surface area contributed by atoms with Crippen LogP contribution in [0.3, 0.4) is 0 Å². The van der Waals surface area contributed by atoms with Crippen molar-refractivity contribution < 1.29 is 14.3 Å². The summed E-state index contributed by atoms with van der Waals surface area (Å²) in [6.07, 6.45) is 3.11. The summed E-state index contributed by atoms with van der Waals surface area (Å²) >= 11 is 0. The van der Waals surface area contributed by atoms with Crippen molar-refractivity contribution in [1.82, 2.24) is 4.98 Å². The Labute approximate surface area is 150 Å². The van der Waals surface area contributed by atoms with Gasteiger partial charge < -0.3 is 15.4 Å². The summed E-state index contributed by atoms with van der Waals surface area (Å²) in [4.78, 5) is 28.3. The van der Waals surface area contributed by atoms with Crippen molar-refractivity contribution in [1.29, 1.82) is 0 Å². The number of ether oxygens (including phenoxy) is 1. The van der Waals surface area contributed by atoms with Gasteiger partial charge in [-0.3, -0.25) is 14.6 Å². The maximum atomic E-state index is 12.3. The molecule has 0 unspecified atom stereocenters. The van der Waals surface area contributed by atoms with Gasteiger partial charge in [0.1, 0.15) is 5.75 Å². The Kier molecular flexibility index (Phi) is 5.24. The van der Waals surface area contributed by atoms with E-state index >= 15 is 0 Å². The Hall–Kier alpha value is -3.67. The molecule has 0 saturated carbocycles. The van der Waals surface area contributed by atoms with E-state index in [1.165, 1.54) is 6.20 Å². The topological polar surface area (TPSA) is 80.3 Å². The summed E-state index contributed by atoms with van der Waals surface area (Å²) in [7, 11) is 1.55. The molecule has 1 heterocycles. The standard InChI is InChI=1S/C20H17N3O3/c1-26-18-6-2-4-14(12-18)19(24)22-16-7-9-17(10-8-16)23-20(25)15-5-3-11-21-13-15/h2-13H,1H3,(H,22,24)(H,23,25). The van der Waals surface area contributed by atoms with E-state index in [1.807, 2.05) is 0 Å². The van der Waals surface area contributed by atoms with Crippen LogP contribution in [0.1, 0.15) is 20.7 Å². The van der Waals surface area contributed by atoms with Crippen molar-refractivity contribution in [3.8, 4) is 5.75 Å². The second kappa shape index (κ2) is 7.94. The number of methoxy groups -OCH3 is 1. The molecule has 0 aliphatic carbocycles. The maximum absolute atomic E-state index is 12.3. The molecule has 6 nitrogen and oxygen atoms in total. The number of amides is 2. The van der Waals surface area contributed by atoms with Crippen molar-refractivity contribution >= 4 is 23.2 Å². The molecule has 0 aliphatic heterocycles. The average molecular weight is 347 g/mol. The first-order valence-electron chi connectivity index (χ1n) is 7.92. The molecule has 3 rings (SSSR count). The van der Waals surface area contributed by atoms with Gasteiger partial charge in [0.25, 0.3) is 11.8 Å². The van der Waals surface area contributed by atoms with Gasteiger partial charge in [-0.1, -0.05) is 6.07 Å². The second-order valence-corrected chi connectivity index (χ2v) is 5.46. The first-order valence-corrected chi connectivity index (χ1v) is 7.92. The number of pyridine rings is 1. The molecule has 0 saturated heterocycles. The lowest BCUT2D eigenvalue weighted by atomic mass is 10.2. The van der Waals surface area contributed by atoms with E-state index in [1.54, 1.807) is 74.0 Å². The van der Waals surface area contributed by atoms with Crippen molar-refractivity contribution in [2.45, 2.75) is 0 Å². The van der Waals surface area contributed by atoms with Gasteiger partial charge in [-0.2, -0.15) is 0 Å². The number of benzene rings is 2. The molecule has 0 radical (unpaired) electrons. The zero-order chi connectivity index (χ0) is 18.4. The number of rotatable bonds is 5. The molecule has 26 heavy (non-hydrogen) atoms. The lowest BCUT2D eigenvalue weighted by molar-refractivity contribution is 0.101. The van der Waals surface area contributed by atoms with Crippen LogP contribution in [0.15, 0.2) is 73.1 Å². The van der Waals surface area contributed by atoms with E-state index in [-0.39, 0.29) is 11.8 Å². The lowest BCUT2D eigenvalue weighted by Gasteiger charge is -2.09. The molecule has 0 spiro atoms. The quantitative estimate of drug-likeness (QED) is 0.739. The Bertz CT molecular complexity index is 909. The van der Waals surface area contributed by atoms with Crippen LogP contribution in [-0.4, -0.2) is 23.9 Å². The number of aromatic nitrogens is 1. The minimum absolute atomic E-state index is 0.240. The number of nitrogens with one attached hydrogen (secondary N) is 2. The van der Waals surface area contributed by atoms with E-state index < -0.39 is 0 Å². The van der Waals surface area contributed by atoms with E-state index in [0.717, 1.165) is 0 Å². The van der Waals surface area contributed by atoms with Gasteiger partial charge in [-0.15, -0.1) is 0 Å². The van der Waals surface area contributed by atoms with Crippen molar-refractivity contribution in [3.05, 3.63) is 84.2 Å². The number of hydrogen-bond donors (Lipinski definition) is 2. The monoisotopic (exact) mass is 347 g/mol. The number of carbonyl (C=O) groups excluding carboxylic acids is 2. The maximum Gasteiger partial charge on any atom is 0.257 e. The molecule has 0 bridgehead atoms. The molecule has 1 aromatic heterocycles. The van der Waals surface area contributed by atoms with Gasteiger partial charge in [0.2, 0.25) is 0 Å². The molecule has 130 valence electrons. The van der Waals surface area contributed by atoms with Gasteiger partial charge in [0, 0.05) is 29.3 Å². The highest BCUT2D eigenvalue weighted by Gasteiger charge is 2.08. The van der Waals surface area contributed by atoms with Crippen LogP contribution in [0, 0.1) is 0 Å². The third kappa shape index (κ3) is 4.24. The third-order valence-corrected chi connectivity index (χ3v) is 3.66. The SMILES string of the molecule is COc1cccc(C(=O)Nc2ccc(NC(=O)c3cccnc3)cc2)c1. The molecular weight excluding hydrogens is 330 g/mol. The average Bonchev–Trinajstić information content (AvgIpc) is 2.70. The predicted molar refractivity (Wildman–Crippen MR) is 99.6 cm³/mol. The Morgan fingerprint density at radius 2 is 1.46 bits per heavy atom. The number of nitrogens with zero attached hydrogens (tertiary/aromatic N) is 1. The molecule has 0 atom stereocenters. The van der Waals surface area contributed by atoms with Gasteiger partial charge in [0.05, 0.1) is 12.7 Å². The van der Waals surface area contributed by atoms with Crippen LogP contribution in [0.5, 0.6) is 5.75 Å². The van der Waals surface area contributed by atoms with Crippen LogP contribution in [0.2, 0.25) is 0 Å². The largest absolute Gasteiger partial charge is 0.497 e.